The molecule has 2 heteroatoms. The third-order valence-electron chi connectivity index (χ3n) is 1.82. The van der Waals surface area contributed by atoms with Gasteiger partial charge in [0.25, 0.3) is 0 Å². The Morgan fingerprint density at radius 1 is 1.08 bits per heavy atom. The summed E-state index contributed by atoms with van der Waals surface area (Å²) >= 11 is 0. The maximum Gasteiger partial charge on any atom is 0.0590 e. The first-order valence-electron chi connectivity index (χ1n) is 5.35. The van der Waals surface area contributed by atoms with Gasteiger partial charge in [0, 0.05) is 13.2 Å². The van der Waals surface area contributed by atoms with Crippen molar-refractivity contribution >= 4 is 0 Å². The molecule has 80 valence electrons. The van der Waals surface area contributed by atoms with Crippen molar-refractivity contribution in [3.8, 4) is 0 Å². The van der Waals surface area contributed by atoms with Gasteiger partial charge in [-0.1, -0.05) is 27.7 Å². The summed E-state index contributed by atoms with van der Waals surface area (Å²) in [5, 5.41) is 3.38. The van der Waals surface area contributed by atoms with Gasteiger partial charge in [0.2, 0.25) is 0 Å². The van der Waals surface area contributed by atoms with Gasteiger partial charge in [-0.2, -0.15) is 0 Å². The van der Waals surface area contributed by atoms with E-state index < -0.39 is 0 Å². The number of ether oxygens (including phenoxy) is 1. The van der Waals surface area contributed by atoms with Crippen LogP contribution in [-0.4, -0.2) is 26.3 Å². The van der Waals surface area contributed by atoms with E-state index in [1.807, 2.05) is 0 Å². The largest absolute Gasteiger partial charge is 0.380 e. The molecule has 2 nitrogen and oxygen atoms in total. The number of nitrogens with one attached hydrogen (secondary N) is 1. The van der Waals surface area contributed by atoms with E-state index in [0.29, 0.717) is 5.41 Å². The summed E-state index contributed by atoms with van der Waals surface area (Å²) < 4.78 is 5.35. The highest BCUT2D eigenvalue weighted by Crippen LogP contribution is 2.16. The molecule has 0 atom stereocenters. The lowest BCUT2D eigenvalue weighted by Gasteiger charge is -2.17. The Balaban J connectivity index is 3.00. The van der Waals surface area contributed by atoms with Crippen molar-refractivity contribution in [3.63, 3.8) is 0 Å². The molecule has 0 amide bonds. The average molecular weight is 187 g/mol. The van der Waals surface area contributed by atoms with Crippen molar-refractivity contribution in [1.82, 2.24) is 5.32 Å². The highest BCUT2D eigenvalue weighted by molar-refractivity contribution is 4.62. The molecule has 0 aliphatic carbocycles. The molecule has 0 aliphatic rings. The van der Waals surface area contributed by atoms with Crippen molar-refractivity contribution in [2.45, 2.75) is 40.5 Å². The van der Waals surface area contributed by atoms with Crippen LogP contribution in [0.4, 0.5) is 0 Å². The van der Waals surface area contributed by atoms with E-state index in [0.717, 1.165) is 32.7 Å². The number of hydrogen-bond acceptors (Lipinski definition) is 2. The fourth-order valence-corrected chi connectivity index (χ4v) is 0.979. The molecule has 13 heavy (non-hydrogen) atoms. The molecule has 0 saturated carbocycles. The Kier molecular flexibility index (Phi) is 7.29. The molecule has 0 aliphatic heterocycles. The Bertz CT molecular complexity index is 107. The molecular weight excluding hydrogens is 162 g/mol. The minimum absolute atomic E-state index is 0.442. The van der Waals surface area contributed by atoms with Gasteiger partial charge in [0.15, 0.2) is 0 Å². The molecule has 0 spiro atoms. The minimum atomic E-state index is 0.442. The molecule has 0 radical (unpaired) electrons. The summed E-state index contributed by atoms with van der Waals surface area (Å²) in [4.78, 5) is 0. The van der Waals surface area contributed by atoms with Crippen LogP contribution >= 0.6 is 0 Å². The molecule has 0 bridgehead atoms. The number of hydrogen-bond donors (Lipinski definition) is 1. The zero-order valence-corrected chi connectivity index (χ0v) is 9.65. The minimum Gasteiger partial charge on any atom is -0.380 e. The van der Waals surface area contributed by atoms with Gasteiger partial charge in [-0.15, -0.1) is 0 Å². The zero-order valence-electron chi connectivity index (χ0n) is 9.65. The molecule has 0 saturated heterocycles. The lowest BCUT2D eigenvalue weighted by atomic mass is 9.92. The van der Waals surface area contributed by atoms with Crippen molar-refractivity contribution in [2.24, 2.45) is 5.41 Å². The van der Waals surface area contributed by atoms with Gasteiger partial charge in [-0.3, -0.25) is 0 Å². The molecule has 0 aromatic heterocycles. The van der Waals surface area contributed by atoms with E-state index >= 15 is 0 Å². The Morgan fingerprint density at radius 2 is 1.77 bits per heavy atom. The first-order chi connectivity index (χ1) is 6.06. The van der Waals surface area contributed by atoms with E-state index in [9.17, 15) is 0 Å². The van der Waals surface area contributed by atoms with Gasteiger partial charge in [-0.05, 0) is 24.8 Å². The first-order valence-corrected chi connectivity index (χ1v) is 5.35. The summed E-state index contributed by atoms with van der Waals surface area (Å²) in [6.45, 7) is 12.7. The fourth-order valence-electron chi connectivity index (χ4n) is 0.979. The van der Waals surface area contributed by atoms with Gasteiger partial charge in [-0.25, -0.2) is 0 Å². The van der Waals surface area contributed by atoms with Crippen LogP contribution in [0.1, 0.15) is 40.5 Å². The summed E-state index contributed by atoms with van der Waals surface area (Å²) in [7, 11) is 0. The van der Waals surface area contributed by atoms with Crippen molar-refractivity contribution in [2.75, 3.05) is 26.3 Å². The van der Waals surface area contributed by atoms with Gasteiger partial charge < -0.3 is 10.1 Å². The third-order valence-corrected chi connectivity index (χ3v) is 1.82. The van der Waals surface area contributed by atoms with Crippen LogP contribution in [0.5, 0.6) is 0 Å². The quantitative estimate of drug-likeness (QED) is 0.618. The number of rotatable bonds is 7. The van der Waals surface area contributed by atoms with Gasteiger partial charge in [0.1, 0.15) is 0 Å². The van der Waals surface area contributed by atoms with Crippen LogP contribution in [-0.2, 0) is 4.74 Å². The maximum atomic E-state index is 5.35. The van der Waals surface area contributed by atoms with Gasteiger partial charge >= 0.3 is 0 Å². The Labute approximate surface area is 83.1 Å². The summed E-state index contributed by atoms with van der Waals surface area (Å²) in [6, 6.07) is 0. The highest BCUT2D eigenvalue weighted by Gasteiger charge is 2.08. The Hall–Kier alpha value is -0.0800. The van der Waals surface area contributed by atoms with Crippen molar-refractivity contribution in [1.29, 1.82) is 0 Å². The normalized spacial score (nSPS) is 12.0. The van der Waals surface area contributed by atoms with Crippen molar-refractivity contribution < 1.29 is 4.74 Å². The molecule has 0 unspecified atom stereocenters. The van der Waals surface area contributed by atoms with E-state index in [1.165, 1.54) is 6.42 Å². The summed E-state index contributed by atoms with van der Waals surface area (Å²) in [5.74, 6) is 0. The molecule has 1 N–H and O–H groups in total. The van der Waals surface area contributed by atoms with Crippen LogP contribution in [0.25, 0.3) is 0 Å². The monoisotopic (exact) mass is 187 g/mol. The molecule has 0 rings (SSSR count). The fraction of sp³-hybridized carbons (Fsp3) is 1.00. The smallest absolute Gasteiger partial charge is 0.0590 e. The van der Waals surface area contributed by atoms with E-state index in [-0.39, 0.29) is 0 Å². The predicted octanol–water partition coefficient (Wildman–Crippen LogP) is 2.44. The second-order valence-corrected chi connectivity index (χ2v) is 4.67. The van der Waals surface area contributed by atoms with Crippen LogP contribution in [0.3, 0.4) is 0 Å². The zero-order chi connectivity index (χ0) is 10.2. The SMILES string of the molecule is CCCOCCNCCC(C)(C)C. The van der Waals surface area contributed by atoms with Crippen LogP contribution < -0.4 is 5.32 Å². The molecule has 0 heterocycles. The van der Waals surface area contributed by atoms with E-state index in [2.05, 4.69) is 33.0 Å². The Morgan fingerprint density at radius 3 is 2.31 bits per heavy atom. The molecule has 0 fully saturated rings. The second-order valence-electron chi connectivity index (χ2n) is 4.67. The lowest BCUT2D eigenvalue weighted by Crippen LogP contribution is -2.24. The van der Waals surface area contributed by atoms with Gasteiger partial charge in [0.05, 0.1) is 6.61 Å². The van der Waals surface area contributed by atoms with Crippen molar-refractivity contribution in [3.05, 3.63) is 0 Å². The molecule has 0 aromatic rings. The first kappa shape index (κ1) is 12.9. The van der Waals surface area contributed by atoms with Crippen LogP contribution in [0, 0.1) is 5.41 Å². The standard InChI is InChI=1S/C11H25NO/c1-5-9-13-10-8-12-7-6-11(2,3)4/h12H,5-10H2,1-4H3. The summed E-state index contributed by atoms with van der Waals surface area (Å²) in [6.07, 6.45) is 2.34. The van der Waals surface area contributed by atoms with Crippen LogP contribution in [0.2, 0.25) is 0 Å². The average Bonchev–Trinajstić information content (AvgIpc) is 2.01. The highest BCUT2D eigenvalue weighted by atomic mass is 16.5. The lowest BCUT2D eigenvalue weighted by molar-refractivity contribution is 0.136. The molecular formula is C11H25NO. The molecule has 0 aromatic carbocycles. The van der Waals surface area contributed by atoms with Crippen LogP contribution in [0.15, 0.2) is 0 Å². The van der Waals surface area contributed by atoms with E-state index in [1.54, 1.807) is 0 Å². The van der Waals surface area contributed by atoms with E-state index in [4.69, 9.17) is 4.74 Å². The predicted molar refractivity (Wildman–Crippen MR) is 58.1 cm³/mol. The summed E-state index contributed by atoms with van der Waals surface area (Å²) in [5.41, 5.74) is 0.442. The second kappa shape index (κ2) is 7.34. The maximum absolute atomic E-state index is 5.35. The topological polar surface area (TPSA) is 21.3 Å². The third kappa shape index (κ3) is 11.9.